The van der Waals surface area contributed by atoms with Crippen LogP contribution in [0.25, 0.3) is 0 Å². The molecule has 1 N–H and O–H groups in total. The number of nitro groups is 1. The number of benzene rings is 1. The second kappa shape index (κ2) is 8.37. The predicted octanol–water partition coefficient (Wildman–Crippen LogP) is 3.48. The van der Waals surface area contributed by atoms with Crippen molar-refractivity contribution in [3.8, 4) is 0 Å². The number of halogens is 1. The summed E-state index contributed by atoms with van der Waals surface area (Å²) in [5, 5.41) is 11.3. The first-order chi connectivity index (χ1) is 11.0. The van der Waals surface area contributed by atoms with Crippen LogP contribution in [0, 0.1) is 17.0 Å². The van der Waals surface area contributed by atoms with Crippen molar-refractivity contribution in [3.63, 3.8) is 0 Å². The Morgan fingerprint density at radius 3 is 2.65 bits per heavy atom. The van der Waals surface area contributed by atoms with Crippen LogP contribution in [0.2, 0.25) is 0 Å². The van der Waals surface area contributed by atoms with Crippen molar-refractivity contribution in [2.24, 2.45) is 0 Å². The van der Waals surface area contributed by atoms with Gasteiger partial charge in [-0.25, -0.2) is 4.98 Å². The van der Waals surface area contributed by atoms with E-state index in [9.17, 15) is 14.9 Å². The maximum atomic E-state index is 11.4. The number of alkyl halides is 1. The van der Waals surface area contributed by atoms with Gasteiger partial charge in [-0.05, 0) is 19.1 Å². The topological polar surface area (TPSA) is 88.9 Å². The van der Waals surface area contributed by atoms with Gasteiger partial charge in [-0.2, -0.15) is 0 Å². The Balaban J connectivity index is 1.97. The third kappa shape index (κ3) is 5.56. The number of nitrogens with one attached hydrogen (secondary N) is 1. The van der Waals surface area contributed by atoms with Gasteiger partial charge in [0.15, 0.2) is 5.16 Å². The van der Waals surface area contributed by atoms with Gasteiger partial charge in [0.2, 0.25) is 0 Å². The maximum absolute atomic E-state index is 11.4. The number of aryl methyl sites for hydroxylation is 1. The first-order valence-electron chi connectivity index (χ1n) is 6.66. The molecule has 1 unspecified atom stereocenters. The molecule has 1 aromatic carbocycles. The van der Waals surface area contributed by atoms with E-state index in [2.05, 4.69) is 9.97 Å². The zero-order valence-electron chi connectivity index (χ0n) is 12.2. The SMILES string of the molecule is Cc1cc(=O)[nH]c(SCC(CCl)Sc2ccc([N+](=O)[O-])cc2)n1. The highest BCUT2D eigenvalue weighted by atomic mass is 35.5. The van der Waals surface area contributed by atoms with Gasteiger partial charge in [0, 0.05) is 45.7 Å². The minimum Gasteiger partial charge on any atom is -0.301 e. The number of H-pyrrole nitrogens is 1. The molecule has 0 aliphatic rings. The van der Waals surface area contributed by atoms with Crippen molar-refractivity contribution in [2.75, 3.05) is 11.6 Å². The first kappa shape index (κ1) is 17.8. The molecule has 0 amide bonds. The summed E-state index contributed by atoms with van der Waals surface area (Å²) in [5.74, 6) is 1.09. The maximum Gasteiger partial charge on any atom is 0.269 e. The van der Waals surface area contributed by atoms with Crippen LogP contribution in [0.4, 0.5) is 5.69 Å². The van der Waals surface area contributed by atoms with Gasteiger partial charge in [0.05, 0.1) is 4.92 Å². The largest absolute Gasteiger partial charge is 0.301 e. The van der Waals surface area contributed by atoms with E-state index in [-0.39, 0.29) is 16.5 Å². The van der Waals surface area contributed by atoms with E-state index in [1.807, 2.05) is 0 Å². The number of aromatic nitrogens is 2. The van der Waals surface area contributed by atoms with E-state index < -0.39 is 4.92 Å². The quantitative estimate of drug-likeness (QED) is 0.263. The lowest BCUT2D eigenvalue weighted by molar-refractivity contribution is -0.384. The van der Waals surface area contributed by atoms with Crippen LogP contribution >= 0.6 is 35.1 Å². The van der Waals surface area contributed by atoms with E-state index in [1.165, 1.54) is 30.0 Å². The van der Waals surface area contributed by atoms with Crippen molar-refractivity contribution < 1.29 is 4.92 Å². The second-order valence-corrected chi connectivity index (χ2v) is 7.34. The highest BCUT2D eigenvalue weighted by Gasteiger charge is 2.13. The summed E-state index contributed by atoms with van der Waals surface area (Å²) in [5.41, 5.74) is 0.555. The van der Waals surface area contributed by atoms with E-state index in [1.54, 1.807) is 30.8 Å². The number of hydrogen-bond donors (Lipinski definition) is 1. The van der Waals surface area contributed by atoms with Gasteiger partial charge in [0.25, 0.3) is 11.2 Å². The molecule has 2 aromatic rings. The lowest BCUT2D eigenvalue weighted by Crippen LogP contribution is -2.12. The Morgan fingerprint density at radius 2 is 2.09 bits per heavy atom. The summed E-state index contributed by atoms with van der Waals surface area (Å²) in [7, 11) is 0. The molecular weight excluding hydrogens is 358 g/mol. The molecule has 122 valence electrons. The van der Waals surface area contributed by atoms with E-state index in [4.69, 9.17) is 11.6 Å². The highest BCUT2D eigenvalue weighted by Crippen LogP contribution is 2.29. The monoisotopic (exact) mass is 371 g/mol. The molecule has 0 aliphatic carbocycles. The van der Waals surface area contributed by atoms with Gasteiger partial charge < -0.3 is 4.98 Å². The normalized spacial score (nSPS) is 12.1. The second-order valence-electron chi connectivity index (χ2n) is 4.65. The van der Waals surface area contributed by atoms with Gasteiger partial charge in [-0.3, -0.25) is 14.9 Å². The summed E-state index contributed by atoms with van der Waals surface area (Å²) in [6.07, 6.45) is 0. The van der Waals surface area contributed by atoms with Crippen LogP contribution in [0.15, 0.2) is 45.2 Å². The molecule has 6 nitrogen and oxygen atoms in total. The zero-order chi connectivity index (χ0) is 16.8. The van der Waals surface area contributed by atoms with Gasteiger partial charge in [0.1, 0.15) is 0 Å². The summed E-state index contributed by atoms with van der Waals surface area (Å²) < 4.78 is 0. The average Bonchev–Trinajstić information content (AvgIpc) is 2.51. The van der Waals surface area contributed by atoms with Crippen LogP contribution in [0.1, 0.15) is 5.69 Å². The molecule has 0 saturated heterocycles. The summed E-state index contributed by atoms with van der Waals surface area (Å²) in [6.45, 7) is 1.77. The van der Waals surface area contributed by atoms with Crippen LogP contribution in [0.5, 0.6) is 0 Å². The van der Waals surface area contributed by atoms with Crippen LogP contribution in [-0.4, -0.2) is 31.8 Å². The number of aromatic amines is 1. The van der Waals surface area contributed by atoms with Crippen LogP contribution < -0.4 is 5.56 Å². The van der Waals surface area contributed by atoms with Gasteiger partial charge in [-0.15, -0.1) is 23.4 Å². The molecule has 0 saturated carbocycles. The fourth-order valence-corrected chi connectivity index (χ4v) is 4.23. The number of non-ortho nitro benzene ring substituents is 1. The molecule has 0 radical (unpaired) electrons. The molecule has 23 heavy (non-hydrogen) atoms. The summed E-state index contributed by atoms with van der Waals surface area (Å²) in [4.78, 5) is 29.5. The molecule has 1 aromatic heterocycles. The number of thioether (sulfide) groups is 2. The van der Waals surface area contributed by atoms with E-state index in [0.29, 0.717) is 22.5 Å². The lowest BCUT2D eigenvalue weighted by Gasteiger charge is -2.12. The van der Waals surface area contributed by atoms with E-state index in [0.717, 1.165) is 4.90 Å². The fourth-order valence-electron chi connectivity index (χ4n) is 1.74. The Kier molecular flexibility index (Phi) is 6.49. The third-order valence-electron chi connectivity index (χ3n) is 2.78. The smallest absolute Gasteiger partial charge is 0.269 e. The summed E-state index contributed by atoms with van der Waals surface area (Å²) in [6, 6.07) is 7.80. The zero-order valence-corrected chi connectivity index (χ0v) is 14.6. The van der Waals surface area contributed by atoms with Crippen LogP contribution in [0.3, 0.4) is 0 Å². The Morgan fingerprint density at radius 1 is 1.39 bits per heavy atom. The number of hydrogen-bond acceptors (Lipinski definition) is 6. The van der Waals surface area contributed by atoms with Crippen molar-refractivity contribution in [1.82, 2.24) is 9.97 Å². The van der Waals surface area contributed by atoms with E-state index >= 15 is 0 Å². The molecule has 0 fully saturated rings. The summed E-state index contributed by atoms with van der Waals surface area (Å²) >= 11 is 8.96. The fraction of sp³-hybridized carbons (Fsp3) is 0.286. The van der Waals surface area contributed by atoms with Crippen molar-refractivity contribution in [1.29, 1.82) is 0 Å². The minimum absolute atomic E-state index is 0.0627. The van der Waals surface area contributed by atoms with Crippen LogP contribution in [-0.2, 0) is 0 Å². The molecule has 1 heterocycles. The Labute approximate surface area is 146 Å². The molecule has 9 heteroatoms. The predicted molar refractivity (Wildman–Crippen MR) is 93.8 cm³/mol. The standard InChI is InChI=1S/C14H14ClN3O3S2/c1-9-6-13(19)17-14(16-9)22-8-12(7-15)23-11-4-2-10(3-5-11)18(20)21/h2-6,12H,7-8H2,1H3,(H,16,17,19). The third-order valence-corrected chi connectivity index (χ3v) is 5.79. The van der Waals surface area contributed by atoms with Gasteiger partial charge in [-0.1, -0.05) is 11.8 Å². The minimum atomic E-state index is -0.427. The highest BCUT2D eigenvalue weighted by molar-refractivity contribution is 8.03. The number of rotatable bonds is 7. The molecule has 0 bridgehead atoms. The van der Waals surface area contributed by atoms with Crippen molar-refractivity contribution in [2.45, 2.75) is 22.2 Å². The molecular formula is C14H14ClN3O3S2. The van der Waals surface area contributed by atoms with Gasteiger partial charge >= 0.3 is 0 Å². The number of nitrogens with zero attached hydrogens (tertiary/aromatic N) is 2. The molecule has 0 spiro atoms. The molecule has 0 aliphatic heterocycles. The first-order valence-corrected chi connectivity index (χ1v) is 9.05. The Bertz CT molecular complexity index is 737. The molecule has 1 atom stereocenters. The lowest BCUT2D eigenvalue weighted by atomic mass is 10.3. The van der Waals surface area contributed by atoms with Crippen molar-refractivity contribution in [3.05, 3.63) is 56.5 Å². The Hall–Kier alpha value is -1.51. The number of nitro benzene ring substituents is 1. The van der Waals surface area contributed by atoms with Crippen molar-refractivity contribution >= 4 is 40.8 Å². The molecule has 2 rings (SSSR count). The average molecular weight is 372 g/mol.